The molecule has 1 nitrogen and oxygen atoms in total. The average Bonchev–Trinajstić information content (AvgIpc) is 2.77. The normalized spacial score (nSPS) is 29.3. The highest BCUT2D eigenvalue weighted by molar-refractivity contribution is 8.00. The molecule has 0 spiro atoms. The van der Waals surface area contributed by atoms with E-state index in [1.54, 1.807) is 0 Å². The van der Waals surface area contributed by atoms with Gasteiger partial charge in [0.1, 0.15) is 0 Å². The van der Waals surface area contributed by atoms with E-state index in [4.69, 9.17) is 0 Å². The van der Waals surface area contributed by atoms with Crippen molar-refractivity contribution in [3.05, 3.63) is 22.4 Å². The van der Waals surface area contributed by atoms with Crippen LogP contribution in [0.5, 0.6) is 0 Å². The van der Waals surface area contributed by atoms with Gasteiger partial charge in [0.25, 0.3) is 0 Å². The molecule has 0 saturated carbocycles. The molecule has 0 aliphatic carbocycles. The van der Waals surface area contributed by atoms with Gasteiger partial charge in [0.2, 0.25) is 0 Å². The lowest BCUT2D eigenvalue weighted by Gasteiger charge is -2.21. The SMILES string of the molecule is CC1SCCC1N[C@@H](C)c1cccs1. The summed E-state index contributed by atoms with van der Waals surface area (Å²) >= 11 is 3.93. The second kappa shape index (κ2) is 4.69. The Labute approximate surface area is 94.3 Å². The predicted molar refractivity (Wildman–Crippen MR) is 66.2 cm³/mol. The van der Waals surface area contributed by atoms with E-state index in [0.29, 0.717) is 12.1 Å². The van der Waals surface area contributed by atoms with Crippen LogP contribution in [0.4, 0.5) is 0 Å². The Morgan fingerprint density at radius 1 is 1.57 bits per heavy atom. The van der Waals surface area contributed by atoms with Gasteiger partial charge >= 0.3 is 0 Å². The Balaban J connectivity index is 1.91. The van der Waals surface area contributed by atoms with Gasteiger partial charge in [-0.3, -0.25) is 0 Å². The maximum absolute atomic E-state index is 3.72. The second-order valence-electron chi connectivity index (χ2n) is 3.87. The molecule has 0 bridgehead atoms. The fraction of sp³-hybridized carbons (Fsp3) is 0.636. The van der Waals surface area contributed by atoms with E-state index in [2.05, 4.69) is 48.4 Å². The van der Waals surface area contributed by atoms with Crippen LogP contribution in [0.3, 0.4) is 0 Å². The molecule has 1 aromatic rings. The summed E-state index contributed by atoms with van der Waals surface area (Å²) in [6.45, 7) is 4.60. The third-order valence-electron chi connectivity index (χ3n) is 2.81. The third-order valence-corrected chi connectivity index (χ3v) is 5.19. The van der Waals surface area contributed by atoms with E-state index in [9.17, 15) is 0 Å². The largest absolute Gasteiger partial charge is 0.306 e. The van der Waals surface area contributed by atoms with Crippen LogP contribution in [0, 0.1) is 0 Å². The monoisotopic (exact) mass is 227 g/mol. The quantitative estimate of drug-likeness (QED) is 0.850. The maximum Gasteiger partial charge on any atom is 0.0388 e. The fourth-order valence-corrected chi connectivity index (χ4v) is 3.84. The number of rotatable bonds is 3. The molecule has 2 unspecified atom stereocenters. The molecule has 0 aromatic carbocycles. The zero-order valence-electron chi connectivity index (χ0n) is 8.69. The standard InChI is InChI=1S/C11H17NS2/c1-8(11-4-3-6-14-11)12-10-5-7-13-9(10)2/h3-4,6,8-10,12H,5,7H2,1-2H3/t8-,9?,10?/m0/s1. The topological polar surface area (TPSA) is 12.0 Å². The molecule has 1 fully saturated rings. The maximum atomic E-state index is 3.72. The highest BCUT2D eigenvalue weighted by atomic mass is 32.2. The first-order valence-corrected chi connectivity index (χ1v) is 7.11. The van der Waals surface area contributed by atoms with Crippen molar-refractivity contribution < 1.29 is 0 Å². The molecule has 1 aromatic heterocycles. The summed E-state index contributed by atoms with van der Waals surface area (Å²) in [5.41, 5.74) is 0. The molecule has 0 radical (unpaired) electrons. The Bertz CT molecular complexity index is 271. The number of hydrogen-bond donors (Lipinski definition) is 1. The minimum atomic E-state index is 0.515. The Morgan fingerprint density at radius 2 is 2.43 bits per heavy atom. The van der Waals surface area contributed by atoms with Crippen molar-refractivity contribution in [2.24, 2.45) is 0 Å². The van der Waals surface area contributed by atoms with Crippen LogP contribution in [-0.4, -0.2) is 17.0 Å². The van der Waals surface area contributed by atoms with E-state index < -0.39 is 0 Å². The van der Waals surface area contributed by atoms with Gasteiger partial charge in [0.05, 0.1) is 0 Å². The Hall–Kier alpha value is 0.01000. The lowest BCUT2D eigenvalue weighted by molar-refractivity contribution is 0.458. The van der Waals surface area contributed by atoms with Crippen LogP contribution in [0.25, 0.3) is 0 Å². The van der Waals surface area contributed by atoms with Gasteiger partial charge in [0, 0.05) is 22.2 Å². The fourth-order valence-electron chi connectivity index (χ4n) is 1.89. The summed E-state index contributed by atoms with van der Waals surface area (Å²) in [5, 5.41) is 6.65. The predicted octanol–water partition coefficient (Wildman–Crippen LogP) is 3.29. The van der Waals surface area contributed by atoms with Crippen LogP contribution < -0.4 is 5.32 Å². The summed E-state index contributed by atoms with van der Waals surface area (Å²) in [5.74, 6) is 1.32. The number of thioether (sulfide) groups is 1. The van der Waals surface area contributed by atoms with Crippen LogP contribution in [0.2, 0.25) is 0 Å². The number of hydrogen-bond acceptors (Lipinski definition) is 3. The van der Waals surface area contributed by atoms with Crippen LogP contribution >= 0.6 is 23.1 Å². The second-order valence-corrected chi connectivity index (χ2v) is 6.34. The van der Waals surface area contributed by atoms with Gasteiger partial charge in [-0.1, -0.05) is 13.0 Å². The van der Waals surface area contributed by atoms with E-state index in [1.165, 1.54) is 17.1 Å². The van der Waals surface area contributed by atoms with E-state index >= 15 is 0 Å². The third kappa shape index (κ3) is 2.33. The van der Waals surface area contributed by atoms with Crippen molar-refractivity contribution >= 4 is 23.1 Å². The van der Waals surface area contributed by atoms with Crippen molar-refractivity contribution in [3.8, 4) is 0 Å². The molecule has 2 heterocycles. The first-order valence-electron chi connectivity index (χ1n) is 5.18. The molecule has 1 N–H and O–H groups in total. The van der Waals surface area contributed by atoms with Gasteiger partial charge in [-0.2, -0.15) is 11.8 Å². The molecular formula is C11H17NS2. The zero-order chi connectivity index (χ0) is 9.97. The van der Waals surface area contributed by atoms with Gasteiger partial charge in [-0.25, -0.2) is 0 Å². The molecule has 1 aliphatic heterocycles. The van der Waals surface area contributed by atoms with Crippen molar-refractivity contribution in [1.29, 1.82) is 0 Å². The number of nitrogens with one attached hydrogen (secondary N) is 1. The first kappa shape index (κ1) is 10.5. The van der Waals surface area contributed by atoms with Gasteiger partial charge < -0.3 is 5.32 Å². The molecule has 14 heavy (non-hydrogen) atoms. The molecule has 3 atom stereocenters. The zero-order valence-corrected chi connectivity index (χ0v) is 10.3. The molecular weight excluding hydrogens is 210 g/mol. The van der Waals surface area contributed by atoms with Crippen molar-refractivity contribution in [2.45, 2.75) is 37.6 Å². The van der Waals surface area contributed by atoms with Crippen LogP contribution in [-0.2, 0) is 0 Å². The summed E-state index contributed by atoms with van der Waals surface area (Å²) in [4.78, 5) is 1.45. The van der Waals surface area contributed by atoms with E-state index in [-0.39, 0.29) is 0 Å². The van der Waals surface area contributed by atoms with Crippen molar-refractivity contribution in [2.75, 3.05) is 5.75 Å². The molecule has 1 saturated heterocycles. The lowest BCUT2D eigenvalue weighted by atomic mass is 10.1. The lowest BCUT2D eigenvalue weighted by Crippen LogP contribution is -2.35. The van der Waals surface area contributed by atoms with Gasteiger partial charge in [-0.05, 0) is 30.5 Å². The minimum absolute atomic E-state index is 0.515. The Kier molecular flexibility index (Phi) is 3.52. The summed E-state index contributed by atoms with van der Waals surface area (Å²) < 4.78 is 0. The summed E-state index contributed by atoms with van der Waals surface area (Å²) in [6.07, 6.45) is 1.32. The van der Waals surface area contributed by atoms with Crippen molar-refractivity contribution in [3.63, 3.8) is 0 Å². The highest BCUT2D eigenvalue weighted by Gasteiger charge is 2.25. The molecule has 0 amide bonds. The van der Waals surface area contributed by atoms with E-state index in [0.717, 1.165) is 5.25 Å². The van der Waals surface area contributed by atoms with Crippen molar-refractivity contribution in [1.82, 2.24) is 5.32 Å². The minimum Gasteiger partial charge on any atom is -0.306 e. The summed E-state index contributed by atoms with van der Waals surface area (Å²) in [6, 6.07) is 5.57. The van der Waals surface area contributed by atoms with Gasteiger partial charge in [0.15, 0.2) is 0 Å². The first-order chi connectivity index (χ1) is 6.77. The van der Waals surface area contributed by atoms with Crippen LogP contribution in [0.15, 0.2) is 17.5 Å². The smallest absolute Gasteiger partial charge is 0.0388 e. The highest BCUT2D eigenvalue weighted by Crippen LogP contribution is 2.29. The number of thiophene rings is 1. The van der Waals surface area contributed by atoms with Crippen LogP contribution in [0.1, 0.15) is 31.2 Å². The molecule has 1 aliphatic rings. The van der Waals surface area contributed by atoms with E-state index in [1.807, 2.05) is 11.3 Å². The molecule has 3 heteroatoms. The Morgan fingerprint density at radius 3 is 3.00 bits per heavy atom. The van der Waals surface area contributed by atoms with Gasteiger partial charge in [-0.15, -0.1) is 11.3 Å². The summed E-state index contributed by atoms with van der Waals surface area (Å²) in [7, 11) is 0. The molecule has 2 rings (SSSR count). The molecule has 78 valence electrons. The average molecular weight is 227 g/mol.